The summed E-state index contributed by atoms with van der Waals surface area (Å²) in [6.07, 6.45) is 0.642. The van der Waals surface area contributed by atoms with Gasteiger partial charge in [-0.3, -0.25) is 4.79 Å². The number of carbonyl (C=O) groups is 1. The van der Waals surface area contributed by atoms with Gasteiger partial charge in [0.25, 0.3) is 0 Å². The lowest BCUT2D eigenvalue weighted by Crippen LogP contribution is -2.40. The molecule has 0 heterocycles. The second-order valence-electron chi connectivity index (χ2n) is 4.67. The molecule has 0 aliphatic carbocycles. The summed E-state index contributed by atoms with van der Waals surface area (Å²) < 4.78 is 0. The molecule has 0 spiro atoms. The highest BCUT2D eigenvalue weighted by Crippen LogP contribution is 2.23. The number of aliphatic hydroxyl groups excluding tert-OH is 1. The highest BCUT2D eigenvalue weighted by molar-refractivity contribution is 5.77. The van der Waals surface area contributed by atoms with Crippen LogP contribution in [0.4, 0.5) is 0 Å². The molecule has 3 N–H and O–H groups in total. The fourth-order valence-corrected chi connectivity index (χ4v) is 1.77. The molecule has 1 amide bonds. The maximum Gasteiger partial charge on any atom is 0.223 e. The van der Waals surface area contributed by atoms with Crippen LogP contribution in [0, 0.1) is 0 Å². The maximum absolute atomic E-state index is 11.8. The van der Waals surface area contributed by atoms with E-state index in [9.17, 15) is 9.90 Å². The van der Waals surface area contributed by atoms with Gasteiger partial charge in [0.15, 0.2) is 0 Å². The fourth-order valence-electron chi connectivity index (χ4n) is 1.77. The molecule has 1 aromatic rings. The van der Waals surface area contributed by atoms with Gasteiger partial charge in [-0.25, -0.2) is 0 Å². The molecule has 2 unspecified atom stereocenters. The first-order chi connectivity index (χ1) is 8.49. The van der Waals surface area contributed by atoms with Gasteiger partial charge in [-0.05, 0) is 18.9 Å². The Labute approximate surface area is 108 Å². The van der Waals surface area contributed by atoms with Crippen molar-refractivity contribution in [3.8, 4) is 0 Å². The maximum atomic E-state index is 11.8. The lowest BCUT2D eigenvalue weighted by Gasteiger charge is -2.24. The molecule has 0 aliphatic heterocycles. The van der Waals surface area contributed by atoms with Crippen LogP contribution in [0.15, 0.2) is 30.3 Å². The summed E-state index contributed by atoms with van der Waals surface area (Å²) in [5, 5.41) is 22.0. The molecule has 18 heavy (non-hydrogen) atoms. The molecule has 0 radical (unpaired) electrons. The lowest BCUT2D eigenvalue weighted by atomic mass is 9.92. The Hall–Kier alpha value is -1.39. The minimum Gasteiger partial charge on any atom is -0.394 e. The van der Waals surface area contributed by atoms with E-state index in [2.05, 4.69) is 5.32 Å². The number of nitrogens with one attached hydrogen (secondary N) is 1. The van der Waals surface area contributed by atoms with Gasteiger partial charge in [0, 0.05) is 0 Å². The van der Waals surface area contributed by atoms with Crippen LogP contribution in [-0.2, 0) is 10.4 Å². The Morgan fingerprint density at radius 3 is 2.50 bits per heavy atom. The normalized spacial score (nSPS) is 15.8. The zero-order chi connectivity index (χ0) is 13.6. The summed E-state index contributed by atoms with van der Waals surface area (Å²) in [6.45, 7) is 3.41. The van der Waals surface area contributed by atoms with E-state index in [-0.39, 0.29) is 25.0 Å². The monoisotopic (exact) mass is 251 g/mol. The Morgan fingerprint density at radius 1 is 1.39 bits per heavy atom. The molecule has 1 rings (SSSR count). The van der Waals surface area contributed by atoms with Crippen molar-refractivity contribution in [3.05, 3.63) is 35.9 Å². The van der Waals surface area contributed by atoms with Gasteiger partial charge in [-0.15, -0.1) is 0 Å². The van der Waals surface area contributed by atoms with E-state index in [0.717, 1.165) is 0 Å². The van der Waals surface area contributed by atoms with Crippen LogP contribution in [0.2, 0.25) is 0 Å². The van der Waals surface area contributed by atoms with Gasteiger partial charge < -0.3 is 15.5 Å². The smallest absolute Gasteiger partial charge is 0.223 e. The first-order valence-electron chi connectivity index (χ1n) is 6.17. The van der Waals surface area contributed by atoms with Crippen molar-refractivity contribution < 1.29 is 15.0 Å². The van der Waals surface area contributed by atoms with Gasteiger partial charge in [0.1, 0.15) is 0 Å². The third-order valence-corrected chi connectivity index (χ3v) is 2.98. The standard InChI is InChI=1S/C14H21NO3/c1-3-12(10-16)15-13(17)9-14(2,18)11-7-5-4-6-8-11/h4-8,12,16,18H,3,9-10H2,1-2H3,(H,15,17). The lowest BCUT2D eigenvalue weighted by molar-refractivity contribution is -0.126. The predicted octanol–water partition coefficient (Wildman–Crippen LogP) is 1.17. The summed E-state index contributed by atoms with van der Waals surface area (Å²) >= 11 is 0. The Bertz CT molecular complexity index is 372. The van der Waals surface area contributed by atoms with Gasteiger partial charge >= 0.3 is 0 Å². The molecule has 0 saturated carbocycles. The largest absolute Gasteiger partial charge is 0.394 e. The number of hydrogen-bond acceptors (Lipinski definition) is 3. The third-order valence-electron chi connectivity index (χ3n) is 2.98. The molecule has 0 aromatic heterocycles. The Kier molecular flexibility index (Phi) is 5.31. The van der Waals surface area contributed by atoms with Crippen molar-refractivity contribution in [1.82, 2.24) is 5.32 Å². The van der Waals surface area contributed by atoms with Gasteiger partial charge in [-0.1, -0.05) is 37.3 Å². The van der Waals surface area contributed by atoms with Crippen molar-refractivity contribution in [3.63, 3.8) is 0 Å². The fraction of sp³-hybridized carbons (Fsp3) is 0.500. The number of rotatable bonds is 6. The van der Waals surface area contributed by atoms with E-state index in [0.29, 0.717) is 12.0 Å². The van der Waals surface area contributed by atoms with E-state index in [1.165, 1.54) is 0 Å². The molecule has 4 nitrogen and oxygen atoms in total. The highest BCUT2D eigenvalue weighted by atomic mass is 16.3. The summed E-state index contributed by atoms with van der Waals surface area (Å²) in [5.74, 6) is -0.259. The van der Waals surface area contributed by atoms with Crippen LogP contribution in [0.1, 0.15) is 32.3 Å². The van der Waals surface area contributed by atoms with E-state index >= 15 is 0 Å². The van der Waals surface area contributed by atoms with E-state index in [4.69, 9.17) is 5.11 Å². The van der Waals surface area contributed by atoms with Gasteiger partial charge in [0.2, 0.25) is 5.91 Å². The van der Waals surface area contributed by atoms with E-state index in [1.807, 2.05) is 25.1 Å². The number of carbonyl (C=O) groups excluding carboxylic acids is 1. The van der Waals surface area contributed by atoms with Crippen molar-refractivity contribution >= 4 is 5.91 Å². The minimum atomic E-state index is -1.20. The number of amides is 1. The minimum absolute atomic E-state index is 0.0203. The number of benzene rings is 1. The summed E-state index contributed by atoms with van der Waals surface area (Å²) in [6, 6.07) is 8.84. The summed E-state index contributed by atoms with van der Waals surface area (Å²) in [7, 11) is 0. The van der Waals surface area contributed by atoms with Gasteiger partial charge in [0.05, 0.1) is 24.7 Å². The molecule has 2 atom stereocenters. The van der Waals surface area contributed by atoms with Crippen molar-refractivity contribution in [2.75, 3.05) is 6.61 Å². The van der Waals surface area contributed by atoms with Crippen LogP contribution >= 0.6 is 0 Å². The molecular weight excluding hydrogens is 230 g/mol. The summed E-state index contributed by atoms with van der Waals surface area (Å²) in [4.78, 5) is 11.8. The van der Waals surface area contributed by atoms with Crippen molar-refractivity contribution in [1.29, 1.82) is 0 Å². The molecule has 0 aliphatic rings. The average Bonchev–Trinajstić information content (AvgIpc) is 2.36. The zero-order valence-electron chi connectivity index (χ0n) is 10.9. The first-order valence-corrected chi connectivity index (χ1v) is 6.17. The van der Waals surface area contributed by atoms with Crippen LogP contribution < -0.4 is 5.32 Å². The van der Waals surface area contributed by atoms with Crippen LogP contribution in [0.25, 0.3) is 0 Å². The number of aliphatic hydroxyl groups is 2. The van der Waals surface area contributed by atoms with Crippen LogP contribution in [0.5, 0.6) is 0 Å². The van der Waals surface area contributed by atoms with Crippen molar-refractivity contribution in [2.24, 2.45) is 0 Å². The Balaban J connectivity index is 2.63. The second kappa shape index (κ2) is 6.52. The quantitative estimate of drug-likeness (QED) is 0.711. The molecule has 0 saturated heterocycles. The number of hydrogen-bond donors (Lipinski definition) is 3. The highest BCUT2D eigenvalue weighted by Gasteiger charge is 2.27. The third kappa shape index (κ3) is 4.13. The topological polar surface area (TPSA) is 69.6 Å². The molecule has 0 fully saturated rings. The van der Waals surface area contributed by atoms with Gasteiger partial charge in [-0.2, -0.15) is 0 Å². The van der Waals surface area contributed by atoms with Crippen LogP contribution in [0.3, 0.4) is 0 Å². The van der Waals surface area contributed by atoms with E-state index < -0.39 is 5.60 Å². The molecule has 0 bridgehead atoms. The second-order valence-corrected chi connectivity index (χ2v) is 4.67. The molecule has 4 heteroatoms. The summed E-state index contributed by atoms with van der Waals surface area (Å²) in [5.41, 5.74) is -0.490. The molecular formula is C14H21NO3. The molecule has 100 valence electrons. The zero-order valence-corrected chi connectivity index (χ0v) is 10.9. The Morgan fingerprint density at radius 2 is 2.00 bits per heavy atom. The predicted molar refractivity (Wildman–Crippen MR) is 69.9 cm³/mol. The van der Waals surface area contributed by atoms with Crippen LogP contribution in [-0.4, -0.2) is 28.8 Å². The van der Waals surface area contributed by atoms with E-state index in [1.54, 1.807) is 19.1 Å². The molecule has 1 aromatic carbocycles. The average molecular weight is 251 g/mol. The first kappa shape index (κ1) is 14.7. The van der Waals surface area contributed by atoms with Crippen molar-refractivity contribution in [2.45, 2.75) is 38.3 Å². The SMILES string of the molecule is CCC(CO)NC(=O)CC(C)(O)c1ccccc1.